The Morgan fingerprint density at radius 1 is 0.765 bits per heavy atom. The molecule has 0 aliphatic heterocycles. The minimum atomic E-state index is -0.998. The molecule has 2 atom stereocenters. The zero-order valence-electron chi connectivity index (χ0n) is 19.4. The molecule has 4 N–H and O–H groups in total. The van der Waals surface area contributed by atoms with E-state index in [1.54, 1.807) is 0 Å². The van der Waals surface area contributed by atoms with Crippen LogP contribution in [0.15, 0.2) is 78.9 Å². The van der Waals surface area contributed by atoms with E-state index in [0.717, 1.165) is 28.7 Å². The van der Waals surface area contributed by atoms with Crippen LogP contribution in [0.25, 0.3) is 0 Å². The van der Waals surface area contributed by atoms with Gasteiger partial charge in [0, 0.05) is 12.8 Å². The van der Waals surface area contributed by atoms with Gasteiger partial charge in [0.15, 0.2) is 0 Å². The van der Waals surface area contributed by atoms with Crippen molar-refractivity contribution in [2.24, 2.45) is 5.73 Å². The second kappa shape index (κ2) is 12.8. The fraction of sp³-hybridized carbons (Fsp3) is 0.310. The molecule has 3 aromatic carbocycles. The van der Waals surface area contributed by atoms with Crippen LogP contribution >= 0.6 is 0 Å². The summed E-state index contributed by atoms with van der Waals surface area (Å²) in [5.74, 6) is -0.902. The summed E-state index contributed by atoms with van der Waals surface area (Å²) in [5, 5.41) is 19.3. The van der Waals surface area contributed by atoms with E-state index in [1.165, 1.54) is 5.56 Å². The van der Waals surface area contributed by atoms with E-state index in [0.29, 0.717) is 32.1 Å². The predicted octanol–water partition coefficient (Wildman–Crippen LogP) is 4.12. The van der Waals surface area contributed by atoms with Gasteiger partial charge in [-0.2, -0.15) is 0 Å². The molecule has 178 valence electrons. The Morgan fingerprint density at radius 2 is 1.41 bits per heavy atom. The van der Waals surface area contributed by atoms with Crippen LogP contribution in [0.3, 0.4) is 0 Å². The molecule has 2 unspecified atom stereocenters. The first-order valence-electron chi connectivity index (χ1n) is 11.8. The first-order chi connectivity index (χ1) is 16.4. The van der Waals surface area contributed by atoms with Crippen LogP contribution in [0.1, 0.15) is 47.1 Å². The molecule has 3 aromatic rings. The molecule has 0 heterocycles. The van der Waals surface area contributed by atoms with Gasteiger partial charge in [0.1, 0.15) is 11.8 Å². The molecule has 0 saturated carbocycles. The second-order valence-corrected chi connectivity index (χ2v) is 8.88. The van der Waals surface area contributed by atoms with Gasteiger partial charge in [0.2, 0.25) is 0 Å². The largest absolute Gasteiger partial charge is 0.480 e. The summed E-state index contributed by atoms with van der Waals surface area (Å²) in [6.45, 7) is 0. The van der Waals surface area contributed by atoms with Gasteiger partial charge in [-0.25, -0.2) is 0 Å². The first kappa shape index (κ1) is 25.3. The lowest BCUT2D eigenvalue weighted by Crippen LogP contribution is -2.32. The number of rotatable bonds is 13. The van der Waals surface area contributed by atoms with E-state index in [1.807, 2.05) is 66.7 Å². The highest BCUT2D eigenvalue weighted by atomic mass is 16.4. The lowest BCUT2D eigenvalue weighted by molar-refractivity contribution is -0.138. The van der Waals surface area contributed by atoms with E-state index in [-0.39, 0.29) is 12.2 Å². The van der Waals surface area contributed by atoms with Gasteiger partial charge in [-0.05, 0) is 59.9 Å². The SMILES string of the molecule is NC(Cc1ccc(Cc2cccc(CCC(O)CC(=O)CCc3ccccc3)c2)cc1)C(=O)O. The van der Waals surface area contributed by atoms with Gasteiger partial charge >= 0.3 is 5.97 Å². The molecule has 5 nitrogen and oxygen atoms in total. The molecule has 0 aliphatic carbocycles. The number of carboxylic acid groups (broad SMARTS) is 1. The van der Waals surface area contributed by atoms with E-state index in [9.17, 15) is 14.7 Å². The maximum Gasteiger partial charge on any atom is 0.320 e. The third-order valence-corrected chi connectivity index (χ3v) is 5.96. The number of hydrogen-bond donors (Lipinski definition) is 3. The summed E-state index contributed by atoms with van der Waals surface area (Å²) >= 11 is 0. The van der Waals surface area contributed by atoms with E-state index in [2.05, 4.69) is 12.1 Å². The number of carbonyl (C=O) groups is 2. The molecule has 0 spiro atoms. The zero-order valence-corrected chi connectivity index (χ0v) is 19.4. The number of benzene rings is 3. The molecule has 0 aromatic heterocycles. The monoisotopic (exact) mass is 459 g/mol. The molecular formula is C29H33NO4. The van der Waals surface area contributed by atoms with Crippen LogP contribution in [0, 0.1) is 0 Å². The highest BCUT2D eigenvalue weighted by molar-refractivity contribution is 5.79. The molecular weight excluding hydrogens is 426 g/mol. The van der Waals surface area contributed by atoms with Gasteiger partial charge in [0.05, 0.1) is 6.10 Å². The Bertz CT molecular complexity index is 1060. The van der Waals surface area contributed by atoms with Gasteiger partial charge in [-0.15, -0.1) is 0 Å². The highest BCUT2D eigenvalue weighted by Gasteiger charge is 2.13. The quantitative estimate of drug-likeness (QED) is 0.357. The van der Waals surface area contributed by atoms with Gasteiger partial charge in [-0.1, -0.05) is 78.9 Å². The third kappa shape index (κ3) is 8.58. The predicted molar refractivity (Wildman–Crippen MR) is 134 cm³/mol. The Hall–Kier alpha value is -3.28. The molecule has 0 aliphatic rings. The molecule has 5 heteroatoms. The minimum absolute atomic E-state index is 0.0952. The maximum absolute atomic E-state index is 12.2. The number of ketones is 1. The topological polar surface area (TPSA) is 101 Å². The van der Waals surface area contributed by atoms with Gasteiger partial charge in [0.25, 0.3) is 0 Å². The fourth-order valence-electron chi connectivity index (χ4n) is 3.99. The smallest absolute Gasteiger partial charge is 0.320 e. The standard InChI is InChI=1S/C29H33NO4/c30-28(29(33)34)19-24-11-9-23(10-12-24)18-25-8-4-7-22(17-25)14-16-27(32)20-26(31)15-13-21-5-2-1-3-6-21/h1-12,17,27-28,32H,13-16,18-20,30H2,(H,33,34). The second-order valence-electron chi connectivity index (χ2n) is 8.88. The lowest BCUT2D eigenvalue weighted by Gasteiger charge is -2.11. The van der Waals surface area contributed by atoms with E-state index in [4.69, 9.17) is 10.8 Å². The van der Waals surface area contributed by atoms with Crippen molar-refractivity contribution in [1.29, 1.82) is 0 Å². The first-order valence-corrected chi connectivity index (χ1v) is 11.8. The van der Waals surface area contributed by atoms with Crippen molar-refractivity contribution in [3.05, 3.63) is 107 Å². The third-order valence-electron chi connectivity index (χ3n) is 5.96. The van der Waals surface area contributed by atoms with Crippen LogP contribution in [-0.2, 0) is 35.3 Å². The molecule has 3 rings (SSSR count). The molecule has 0 fully saturated rings. The Morgan fingerprint density at radius 3 is 2.12 bits per heavy atom. The van der Waals surface area contributed by atoms with Crippen LogP contribution in [0.5, 0.6) is 0 Å². The van der Waals surface area contributed by atoms with Gasteiger partial charge in [-0.3, -0.25) is 9.59 Å². The average molecular weight is 460 g/mol. The number of aliphatic hydroxyl groups is 1. The van der Waals surface area contributed by atoms with Crippen LogP contribution in [0.2, 0.25) is 0 Å². The molecule has 34 heavy (non-hydrogen) atoms. The number of nitrogens with two attached hydrogens (primary N) is 1. The van der Waals surface area contributed by atoms with Gasteiger partial charge < -0.3 is 15.9 Å². The van der Waals surface area contributed by atoms with Crippen molar-refractivity contribution in [1.82, 2.24) is 0 Å². The Labute approximate surface area is 201 Å². The summed E-state index contributed by atoms with van der Waals surface area (Å²) in [6, 6.07) is 25.2. The number of carboxylic acids is 1. The normalized spacial score (nSPS) is 12.8. The zero-order chi connectivity index (χ0) is 24.3. The minimum Gasteiger partial charge on any atom is -0.480 e. The molecule has 0 saturated heterocycles. The van der Waals surface area contributed by atoms with E-state index >= 15 is 0 Å². The molecule has 0 bridgehead atoms. The highest BCUT2D eigenvalue weighted by Crippen LogP contribution is 2.16. The maximum atomic E-state index is 12.2. The molecule has 0 radical (unpaired) electrons. The van der Waals surface area contributed by atoms with Crippen molar-refractivity contribution in [3.8, 4) is 0 Å². The van der Waals surface area contributed by atoms with Crippen LogP contribution in [-0.4, -0.2) is 34.1 Å². The summed E-state index contributed by atoms with van der Waals surface area (Å²) < 4.78 is 0. The number of aryl methyl sites for hydroxylation is 2. The van der Waals surface area contributed by atoms with Crippen LogP contribution < -0.4 is 5.73 Å². The number of Topliss-reactive ketones (excluding diaryl/α,β-unsaturated/α-hetero) is 1. The van der Waals surface area contributed by atoms with Crippen LogP contribution in [0.4, 0.5) is 0 Å². The fourth-order valence-corrected chi connectivity index (χ4v) is 3.99. The Kier molecular flexibility index (Phi) is 9.56. The van der Waals surface area contributed by atoms with Crippen molar-refractivity contribution in [2.75, 3.05) is 0 Å². The molecule has 0 amide bonds. The van der Waals surface area contributed by atoms with Crippen molar-refractivity contribution >= 4 is 11.8 Å². The number of aliphatic hydroxyl groups excluding tert-OH is 1. The summed E-state index contributed by atoms with van der Waals surface area (Å²) in [6.07, 6.45) is 3.08. The average Bonchev–Trinajstić information content (AvgIpc) is 2.83. The number of hydrogen-bond acceptors (Lipinski definition) is 4. The van der Waals surface area contributed by atoms with Crippen molar-refractivity contribution < 1.29 is 19.8 Å². The van der Waals surface area contributed by atoms with Crippen molar-refractivity contribution in [3.63, 3.8) is 0 Å². The summed E-state index contributed by atoms with van der Waals surface area (Å²) in [7, 11) is 0. The number of aliphatic carboxylic acids is 1. The lowest BCUT2D eigenvalue weighted by atomic mass is 9.97. The number of carbonyl (C=O) groups excluding carboxylic acids is 1. The Balaban J connectivity index is 1.44. The van der Waals surface area contributed by atoms with E-state index < -0.39 is 18.1 Å². The summed E-state index contributed by atoms with van der Waals surface area (Å²) in [5.41, 5.74) is 11.1. The van der Waals surface area contributed by atoms with Crippen molar-refractivity contribution in [2.45, 2.75) is 57.1 Å². The summed E-state index contributed by atoms with van der Waals surface area (Å²) in [4.78, 5) is 23.1.